The molecular weight excluding hydrogens is 1660 g/mol. The van der Waals surface area contributed by atoms with Gasteiger partial charge < -0.3 is 54.2 Å². The van der Waals surface area contributed by atoms with Crippen molar-refractivity contribution in [3.63, 3.8) is 0 Å². The average molecular weight is 1690 g/mol. The summed E-state index contributed by atoms with van der Waals surface area (Å²) in [4.78, 5) is 15.4. The molecular formula is C44H25Cl2K7N14O23S7. The van der Waals surface area contributed by atoms with Crippen molar-refractivity contribution in [2.24, 2.45) is 20.5 Å². The summed E-state index contributed by atoms with van der Waals surface area (Å²) >= 11 is 12.3. The second kappa shape index (κ2) is 38.4. The number of azo groups is 2. The van der Waals surface area contributed by atoms with Crippen LogP contribution >= 0.6 is 23.2 Å². The van der Waals surface area contributed by atoms with Gasteiger partial charge in [0.2, 0.25) is 34.4 Å². The molecule has 0 aliphatic rings. The molecule has 7 aromatic carbocycles. The summed E-state index contributed by atoms with van der Waals surface area (Å²) in [7, 11) is -38.3. The number of anilines is 6. The summed E-state index contributed by atoms with van der Waals surface area (Å²) in [5.74, 6) is -5.13. The number of benzene rings is 7. The van der Waals surface area contributed by atoms with Gasteiger partial charge in [-0.3, -0.25) is 9.11 Å². The Bertz CT molecular complexity index is 5530. The van der Waals surface area contributed by atoms with E-state index in [0.717, 1.165) is 42.5 Å². The molecule has 0 unspecified atom stereocenters. The molecule has 37 nitrogen and oxygen atoms in total. The Labute approximate surface area is 856 Å². The molecule has 0 aliphatic carbocycles. The van der Waals surface area contributed by atoms with E-state index in [-0.39, 0.29) is 373 Å². The molecule has 0 saturated heterocycles. The van der Waals surface area contributed by atoms with Crippen LogP contribution in [0.3, 0.4) is 0 Å². The summed E-state index contributed by atoms with van der Waals surface area (Å²) in [6.07, 6.45) is 0. The molecule has 0 amide bonds. The molecule has 0 fully saturated rings. The van der Waals surface area contributed by atoms with E-state index in [4.69, 9.17) is 23.2 Å². The van der Waals surface area contributed by atoms with Crippen molar-refractivity contribution in [1.82, 2.24) is 29.9 Å². The maximum absolute atomic E-state index is 14.4. The maximum atomic E-state index is 14.4. The Kier molecular flexibility index (Phi) is 37.9. The van der Waals surface area contributed by atoms with Crippen LogP contribution in [0.15, 0.2) is 146 Å². The number of nitrogens with one attached hydrogen (secondary N) is 4. The van der Waals surface area contributed by atoms with E-state index in [1.54, 1.807) is 0 Å². The van der Waals surface area contributed by atoms with Crippen LogP contribution in [-0.2, 0) is 70.8 Å². The first-order chi connectivity index (χ1) is 41.7. The standard InChI is InChI=1S/C44H32Cl2N14O23S7.7K/c45-39-51-41(55-43(53-39)49-26-16-20(84(63,64)65)12-18-14-30(88(75,76)77)34(36(61)32(18)26)59-57-24-5-1-2-6-29(24)87(72,73)74)47-10-11-48-42-52-40(46)54-44(56-42)50-27-17-21(85(66,67)68)13-19-15-31(89(78,79)80)35(37(62)33(19)27)60-58-25-9-8-22-23(38(25)90(81,82)83)4-3-7-28(22)86(69,70)71;;;;;;;/h1-9,12-17,61-62H,10-11H2,(H,63,64,65)(H,66,67,68)(H,69,70,71)(H,72,73,74)(H,75,76,77)(H,78,79,80)(H,81,82,83)(H2,47,49,51,53,55)(H2,48,50,52,54,56);;;;;;;/q;7*+1/p-7. The van der Waals surface area contributed by atoms with Gasteiger partial charge >= 0.3 is 360 Å². The molecule has 2 heterocycles. The zero-order valence-corrected chi connectivity index (χ0v) is 79.2. The molecule has 2 aromatic heterocycles. The Balaban J connectivity index is 0.00000457. The summed E-state index contributed by atoms with van der Waals surface area (Å²) in [5.41, 5.74) is -5.57. The van der Waals surface area contributed by atoms with Crippen molar-refractivity contribution < 1.29 is 461 Å². The van der Waals surface area contributed by atoms with Gasteiger partial charge in [0, 0.05) is 35.2 Å². The predicted molar refractivity (Wildman–Crippen MR) is 298 cm³/mol. The van der Waals surface area contributed by atoms with Crippen LogP contribution in [-0.4, -0.2) is 134 Å². The predicted octanol–water partition coefficient (Wildman–Crippen LogP) is -17.1. The Hall–Kier alpha value is 2.74. The van der Waals surface area contributed by atoms with Crippen LogP contribution in [0.25, 0.3) is 32.3 Å². The van der Waals surface area contributed by atoms with E-state index in [1.165, 1.54) is 6.07 Å². The maximum Gasteiger partial charge on any atom is 1.00 e. The largest absolute Gasteiger partial charge is 1.00 e. The fraction of sp³-hybridized carbons (Fsp3) is 0.0455. The number of fused-ring (bicyclic) bond motifs is 3. The van der Waals surface area contributed by atoms with Gasteiger partial charge in [-0.25, -0.2) is 42.1 Å². The van der Waals surface area contributed by atoms with E-state index < -0.39 is 217 Å². The number of aromatic nitrogens is 6. The van der Waals surface area contributed by atoms with Crippen molar-refractivity contribution in [2.45, 2.75) is 34.3 Å². The summed E-state index contributed by atoms with van der Waals surface area (Å²) < 4.78 is 254. The minimum absolute atomic E-state index is 0. The van der Waals surface area contributed by atoms with Gasteiger partial charge in [0.25, 0.3) is 20.2 Å². The average Bonchev–Trinajstić information content (AvgIpc) is 0.759. The normalized spacial score (nSPS) is 12.1. The molecule has 97 heavy (non-hydrogen) atoms. The summed E-state index contributed by atoms with van der Waals surface area (Å²) in [6.45, 7) is -0.511. The molecule has 9 aromatic rings. The SMILES string of the molecule is O=S(=O)([O-])c1cc(Nc2nc(Cl)nc(NCCNc3nc(Cl)nc(Nc4cc(S(=O)(=O)[O-])cc5cc(S(=O)(=O)O)c(N=Nc6ccc7c(S(=O)(=O)[O-])cccc7c6S(=O)(=O)O)c([O-])c45)n3)n2)c2c([O-])c(N=Nc3ccccc3S(=O)(=O)[O-])c(S(=O)(=O)[O-])cc2c1.[K+].[K+].[K+].[K+].[K+].[K+].[K+]. The van der Waals surface area contributed by atoms with Crippen LogP contribution in [0.2, 0.25) is 10.6 Å². The minimum Gasteiger partial charge on any atom is -0.870 e. The van der Waals surface area contributed by atoms with Crippen LogP contribution in [0.1, 0.15) is 0 Å². The monoisotopic (exact) mass is 1680 g/mol. The van der Waals surface area contributed by atoms with E-state index in [2.05, 4.69) is 71.6 Å². The second-order valence-electron chi connectivity index (χ2n) is 17.7. The zero-order chi connectivity index (χ0) is 66.0. The third-order valence-corrected chi connectivity index (χ3v) is 18.3. The first kappa shape index (κ1) is 95.8. The quantitative estimate of drug-likeness (QED) is 0.0179. The van der Waals surface area contributed by atoms with Crippen molar-refractivity contribution in [2.75, 3.05) is 34.4 Å². The second-order valence-corrected chi connectivity index (χ2v) is 27.9. The Morgan fingerprint density at radius 1 is 0.402 bits per heavy atom. The Morgan fingerprint density at radius 2 is 0.804 bits per heavy atom. The van der Waals surface area contributed by atoms with Crippen LogP contribution in [0, 0.1) is 0 Å². The van der Waals surface area contributed by atoms with Crippen molar-refractivity contribution in [3.05, 3.63) is 102 Å². The molecule has 472 valence electrons. The van der Waals surface area contributed by atoms with Crippen LogP contribution < -0.4 is 391 Å². The molecule has 0 saturated carbocycles. The van der Waals surface area contributed by atoms with E-state index >= 15 is 0 Å². The van der Waals surface area contributed by atoms with Gasteiger partial charge in [-0.1, -0.05) is 41.8 Å². The molecule has 0 spiro atoms. The third-order valence-electron chi connectivity index (χ3n) is 11.9. The van der Waals surface area contributed by atoms with Crippen LogP contribution in [0.4, 0.5) is 57.9 Å². The molecule has 53 heteroatoms. The van der Waals surface area contributed by atoms with Crippen molar-refractivity contribution in [3.8, 4) is 11.5 Å². The van der Waals surface area contributed by atoms with E-state index in [1.807, 2.05) is 0 Å². The molecule has 0 atom stereocenters. The number of rotatable bonds is 20. The first-order valence-corrected chi connectivity index (χ1v) is 34.1. The van der Waals surface area contributed by atoms with Crippen molar-refractivity contribution in [1.29, 1.82) is 0 Å². The smallest absolute Gasteiger partial charge is 0.870 e. The summed E-state index contributed by atoms with van der Waals surface area (Å²) in [5, 5.41) is 47.7. The van der Waals surface area contributed by atoms with Crippen LogP contribution in [0.5, 0.6) is 11.5 Å². The molecule has 9 rings (SSSR count). The van der Waals surface area contributed by atoms with Gasteiger partial charge in [0.05, 0.1) is 35.9 Å². The van der Waals surface area contributed by atoms with Gasteiger partial charge in [0.15, 0.2) is 0 Å². The van der Waals surface area contributed by atoms with Gasteiger partial charge in [-0.2, -0.15) is 46.7 Å². The fourth-order valence-electron chi connectivity index (χ4n) is 8.33. The van der Waals surface area contributed by atoms with Gasteiger partial charge in [-0.15, -0.1) is 20.5 Å². The molecule has 0 bridgehead atoms. The number of nitrogens with zero attached hydrogens (tertiary/aromatic N) is 10. The fourth-order valence-corrected chi connectivity index (χ4v) is 13.1. The topological polar surface area (TPSA) is 616 Å². The van der Waals surface area contributed by atoms with E-state index in [0.29, 0.717) is 42.5 Å². The number of halogens is 2. The third kappa shape index (κ3) is 24.1. The Morgan fingerprint density at radius 3 is 1.23 bits per heavy atom. The number of hydrogen-bond acceptors (Lipinski definition) is 35. The molecule has 0 radical (unpaired) electrons. The minimum atomic E-state index is -5.72. The molecule has 0 aliphatic heterocycles. The van der Waals surface area contributed by atoms with Crippen molar-refractivity contribution >= 4 is 184 Å². The van der Waals surface area contributed by atoms with Gasteiger partial charge in [0.1, 0.15) is 71.8 Å². The molecule has 6 N–H and O–H groups in total. The first-order valence-electron chi connectivity index (χ1n) is 23.4. The van der Waals surface area contributed by atoms with E-state index in [9.17, 15) is 101 Å². The van der Waals surface area contributed by atoms with Gasteiger partial charge in [-0.05, 0) is 105 Å². The number of hydrogen-bond donors (Lipinski definition) is 6. The zero-order valence-electron chi connectivity index (χ0n) is 50.1. The summed E-state index contributed by atoms with van der Waals surface area (Å²) in [6, 6.07) is 11.5.